The van der Waals surface area contributed by atoms with E-state index in [4.69, 9.17) is 9.47 Å². The van der Waals surface area contributed by atoms with Crippen LogP contribution in [0.1, 0.15) is 22.8 Å². The summed E-state index contributed by atoms with van der Waals surface area (Å²) < 4.78 is 15.0. The second-order valence-corrected chi connectivity index (χ2v) is 3.74. The summed E-state index contributed by atoms with van der Waals surface area (Å²) in [5.74, 6) is 0.343. The van der Waals surface area contributed by atoms with Crippen molar-refractivity contribution in [1.29, 1.82) is 0 Å². The van der Waals surface area contributed by atoms with Gasteiger partial charge in [0.1, 0.15) is 5.78 Å². The first kappa shape index (κ1) is 14.0. The zero-order valence-corrected chi connectivity index (χ0v) is 10.9. The van der Waals surface area contributed by atoms with Crippen molar-refractivity contribution in [3.63, 3.8) is 0 Å². The van der Waals surface area contributed by atoms with Gasteiger partial charge in [-0.05, 0) is 19.1 Å². The molecule has 98 valence electrons. The lowest BCUT2D eigenvalue weighted by atomic mass is 10.0. The smallest absolute Gasteiger partial charge is 0.337 e. The lowest BCUT2D eigenvalue weighted by Gasteiger charge is -2.13. The average Bonchev–Trinajstić information content (AvgIpc) is 2.35. The number of ketones is 1. The number of Topliss-reactive ketones (excluding diaryl/α,β-unsaturated/α-hetero) is 1. The van der Waals surface area contributed by atoms with E-state index >= 15 is 0 Å². The van der Waals surface area contributed by atoms with E-state index in [1.807, 2.05) is 0 Å². The largest absolute Gasteiger partial charge is 0.493 e. The maximum atomic E-state index is 11.5. The van der Waals surface area contributed by atoms with Crippen LogP contribution >= 0.6 is 0 Å². The van der Waals surface area contributed by atoms with Crippen molar-refractivity contribution in [2.45, 2.75) is 13.3 Å². The van der Waals surface area contributed by atoms with Crippen molar-refractivity contribution in [1.82, 2.24) is 0 Å². The Hall–Kier alpha value is -2.04. The number of hydrogen-bond acceptors (Lipinski definition) is 5. The summed E-state index contributed by atoms with van der Waals surface area (Å²) in [5.41, 5.74) is 0.927. The number of carbonyl (C=O) groups excluding carboxylic acids is 2. The molecular weight excluding hydrogens is 236 g/mol. The first-order valence-electron chi connectivity index (χ1n) is 5.36. The Bertz CT molecular complexity index is 465. The highest BCUT2D eigenvalue weighted by atomic mass is 16.5. The number of methoxy groups -OCH3 is 3. The van der Waals surface area contributed by atoms with Crippen molar-refractivity contribution in [2.75, 3.05) is 21.3 Å². The molecule has 0 aliphatic rings. The van der Waals surface area contributed by atoms with E-state index < -0.39 is 5.97 Å². The molecule has 0 N–H and O–H groups in total. The standard InChI is InChI=1S/C13H16O5/c1-8(14)5-9-6-10(13(15)18-4)7-11(16-2)12(9)17-3/h6-7H,5H2,1-4H3. The van der Waals surface area contributed by atoms with Gasteiger partial charge in [-0.15, -0.1) is 0 Å². The van der Waals surface area contributed by atoms with Crippen molar-refractivity contribution >= 4 is 11.8 Å². The van der Waals surface area contributed by atoms with Crippen molar-refractivity contribution < 1.29 is 23.8 Å². The van der Waals surface area contributed by atoms with Gasteiger partial charge in [-0.1, -0.05) is 0 Å². The molecule has 0 saturated heterocycles. The molecule has 0 aliphatic carbocycles. The molecule has 0 unspecified atom stereocenters. The molecule has 0 bridgehead atoms. The summed E-state index contributed by atoms with van der Waals surface area (Å²) in [6, 6.07) is 3.10. The third-order valence-electron chi connectivity index (χ3n) is 2.42. The second-order valence-electron chi connectivity index (χ2n) is 3.74. The van der Waals surface area contributed by atoms with Gasteiger partial charge < -0.3 is 14.2 Å². The van der Waals surface area contributed by atoms with Crippen molar-refractivity contribution in [2.24, 2.45) is 0 Å². The van der Waals surface area contributed by atoms with E-state index in [1.165, 1.54) is 34.3 Å². The van der Waals surface area contributed by atoms with Crippen LogP contribution in [0.15, 0.2) is 12.1 Å². The first-order chi connectivity index (χ1) is 8.53. The van der Waals surface area contributed by atoms with E-state index in [0.717, 1.165) is 0 Å². The molecular formula is C13H16O5. The van der Waals surface area contributed by atoms with Gasteiger partial charge in [-0.3, -0.25) is 4.79 Å². The fourth-order valence-electron chi connectivity index (χ4n) is 1.68. The number of benzene rings is 1. The summed E-state index contributed by atoms with van der Waals surface area (Å²) in [6.45, 7) is 1.47. The van der Waals surface area contributed by atoms with E-state index in [0.29, 0.717) is 22.6 Å². The lowest BCUT2D eigenvalue weighted by Crippen LogP contribution is -2.07. The third kappa shape index (κ3) is 3.00. The maximum Gasteiger partial charge on any atom is 0.337 e. The molecule has 1 aromatic rings. The van der Waals surface area contributed by atoms with Crippen LogP contribution in [0.2, 0.25) is 0 Å². The van der Waals surface area contributed by atoms with E-state index in [9.17, 15) is 9.59 Å². The van der Waals surface area contributed by atoms with E-state index in [1.54, 1.807) is 6.07 Å². The number of hydrogen-bond donors (Lipinski definition) is 0. The number of carbonyl (C=O) groups is 2. The first-order valence-corrected chi connectivity index (χ1v) is 5.36. The number of rotatable bonds is 5. The molecule has 0 amide bonds. The van der Waals surface area contributed by atoms with Crippen LogP contribution in [0, 0.1) is 0 Å². The molecule has 1 rings (SSSR count). The Labute approximate surface area is 106 Å². The minimum absolute atomic E-state index is 0.0302. The van der Waals surface area contributed by atoms with E-state index in [-0.39, 0.29) is 12.2 Å². The Morgan fingerprint density at radius 1 is 1.11 bits per heavy atom. The van der Waals surface area contributed by atoms with Crippen LogP contribution in [0.3, 0.4) is 0 Å². The summed E-state index contributed by atoms with van der Waals surface area (Å²) in [4.78, 5) is 22.7. The van der Waals surface area contributed by atoms with Crippen LogP contribution in [-0.4, -0.2) is 33.1 Å². The predicted octanol–water partition coefficient (Wildman–Crippen LogP) is 1.62. The molecule has 1 aromatic carbocycles. The number of ether oxygens (including phenoxy) is 3. The normalized spacial score (nSPS) is 9.78. The summed E-state index contributed by atoms with van der Waals surface area (Å²) >= 11 is 0. The van der Waals surface area contributed by atoms with Crippen LogP contribution in [0.4, 0.5) is 0 Å². The minimum atomic E-state index is -0.485. The van der Waals surface area contributed by atoms with Gasteiger partial charge in [0.15, 0.2) is 11.5 Å². The fraction of sp³-hybridized carbons (Fsp3) is 0.385. The average molecular weight is 252 g/mol. The van der Waals surface area contributed by atoms with Gasteiger partial charge in [-0.25, -0.2) is 4.79 Å². The van der Waals surface area contributed by atoms with Crippen molar-refractivity contribution in [3.8, 4) is 11.5 Å². The van der Waals surface area contributed by atoms with E-state index in [2.05, 4.69) is 4.74 Å². The maximum absolute atomic E-state index is 11.5. The Kier molecular flexibility index (Phi) is 4.71. The van der Waals surface area contributed by atoms with Crippen LogP contribution < -0.4 is 9.47 Å². The second kappa shape index (κ2) is 6.05. The summed E-state index contributed by atoms with van der Waals surface area (Å²) in [5, 5.41) is 0. The van der Waals surface area contributed by atoms with Crippen LogP contribution in [-0.2, 0) is 16.0 Å². The zero-order chi connectivity index (χ0) is 13.7. The molecule has 0 aliphatic heterocycles. The van der Waals surface area contributed by atoms with Crippen LogP contribution in [0.25, 0.3) is 0 Å². The SMILES string of the molecule is COC(=O)c1cc(CC(C)=O)c(OC)c(OC)c1. The lowest BCUT2D eigenvalue weighted by molar-refractivity contribution is -0.116. The fourth-order valence-corrected chi connectivity index (χ4v) is 1.68. The Balaban J connectivity index is 3.35. The summed E-state index contributed by atoms with van der Waals surface area (Å²) in [7, 11) is 4.25. The zero-order valence-electron chi connectivity index (χ0n) is 10.9. The van der Waals surface area contributed by atoms with Crippen LogP contribution in [0.5, 0.6) is 11.5 Å². The molecule has 0 atom stereocenters. The highest BCUT2D eigenvalue weighted by Gasteiger charge is 2.17. The van der Waals surface area contributed by atoms with Gasteiger partial charge >= 0.3 is 5.97 Å². The molecule has 0 radical (unpaired) electrons. The van der Waals surface area contributed by atoms with Gasteiger partial charge in [-0.2, -0.15) is 0 Å². The minimum Gasteiger partial charge on any atom is -0.493 e. The molecule has 5 heteroatoms. The molecule has 0 heterocycles. The highest BCUT2D eigenvalue weighted by Crippen LogP contribution is 2.33. The quantitative estimate of drug-likeness (QED) is 0.745. The molecule has 0 fully saturated rings. The Morgan fingerprint density at radius 3 is 2.22 bits per heavy atom. The van der Waals surface area contributed by atoms with Gasteiger partial charge in [0.2, 0.25) is 0 Å². The molecule has 18 heavy (non-hydrogen) atoms. The molecule has 0 saturated carbocycles. The highest BCUT2D eigenvalue weighted by molar-refractivity contribution is 5.91. The summed E-state index contributed by atoms with van der Waals surface area (Å²) in [6.07, 6.45) is 0.171. The van der Waals surface area contributed by atoms with Gasteiger partial charge in [0.05, 0.1) is 26.9 Å². The predicted molar refractivity (Wildman–Crippen MR) is 65.3 cm³/mol. The Morgan fingerprint density at radius 2 is 1.78 bits per heavy atom. The monoisotopic (exact) mass is 252 g/mol. The third-order valence-corrected chi connectivity index (χ3v) is 2.42. The van der Waals surface area contributed by atoms with Crippen molar-refractivity contribution in [3.05, 3.63) is 23.3 Å². The molecule has 5 nitrogen and oxygen atoms in total. The van der Waals surface area contributed by atoms with Gasteiger partial charge in [0, 0.05) is 12.0 Å². The molecule has 0 aromatic heterocycles. The molecule has 0 spiro atoms. The van der Waals surface area contributed by atoms with Gasteiger partial charge in [0.25, 0.3) is 0 Å². The number of esters is 1. The topological polar surface area (TPSA) is 61.8 Å².